The number of alkyl halides is 3. The highest BCUT2D eigenvalue weighted by atomic mass is 32.1. The number of pyridine rings is 1. The van der Waals surface area contributed by atoms with E-state index >= 15 is 0 Å². The number of aromatic nitrogens is 3. The Kier molecular flexibility index (Phi) is 6.07. The SMILES string of the molecule is COc1nc2c(cc1Nc1ncnc3sc4c(c13)CC[C@H](C(=O)N(C)CCC(F)(F)F)C4)C=NC2. The van der Waals surface area contributed by atoms with Gasteiger partial charge >= 0.3 is 6.18 Å². The third kappa shape index (κ3) is 4.66. The molecule has 3 aromatic heterocycles. The number of carbonyl (C=O) groups excluding carboxylic acids is 1. The summed E-state index contributed by atoms with van der Waals surface area (Å²) in [5.74, 6) is 0.461. The van der Waals surface area contributed by atoms with Crippen molar-refractivity contribution in [1.82, 2.24) is 19.9 Å². The molecule has 2 aliphatic rings. The van der Waals surface area contributed by atoms with E-state index in [9.17, 15) is 18.0 Å². The maximum Gasteiger partial charge on any atom is 0.390 e. The van der Waals surface area contributed by atoms with E-state index in [1.807, 2.05) is 6.07 Å². The molecule has 0 bridgehead atoms. The molecule has 0 fully saturated rings. The van der Waals surface area contributed by atoms with E-state index in [4.69, 9.17) is 4.74 Å². The second-order valence-electron chi connectivity index (χ2n) is 8.65. The van der Waals surface area contributed by atoms with Crippen LogP contribution in [0, 0.1) is 5.92 Å². The Morgan fingerprint density at radius 1 is 1.34 bits per heavy atom. The molecule has 4 heterocycles. The van der Waals surface area contributed by atoms with Gasteiger partial charge in [-0.1, -0.05) is 0 Å². The average molecular weight is 505 g/mol. The van der Waals surface area contributed by atoms with Gasteiger partial charge in [0.2, 0.25) is 11.8 Å². The summed E-state index contributed by atoms with van der Waals surface area (Å²) in [4.78, 5) is 33.5. The summed E-state index contributed by atoms with van der Waals surface area (Å²) < 4.78 is 43.2. The molecule has 1 aliphatic carbocycles. The Morgan fingerprint density at radius 2 is 2.17 bits per heavy atom. The fourth-order valence-corrected chi connectivity index (χ4v) is 5.79. The molecule has 0 aromatic carbocycles. The van der Waals surface area contributed by atoms with Gasteiger partial charge in [0.1, 0.15) is 22.7 Å². The van der Waals surface area contributed by atoms with E-state index < -0.39 is 12.6 Å². The molecular weight excluding hydrogens is 481 g/mol. The van der Waals surface area contributed by atoms with Crippen LogP contribution in [0.1, 0.15) is 34.5 Å². The first-order valence-corrected chi connectivity index (χ1v) is 12.0. The van der Waals surface area contributed by atoms with E-state index in [1.54, 1.807) is 13.3 Å². The van der Waals surface area contributed by atoms with Crippen molar-refractivity contribution in [3.8, 4) is 5.88 Å². The Hall–Kier alpha value is -3.28. The lowest BCUT2D eigenvalue weighted by atomic mass is 9.87. The number of ether oxygens (including phenoxy) is 1. The first-order valence-electron chi connectivity index (χ1n) is 11.1. The zero-order valence-corrected chi connectivity index (χ0v) is 20.0. The highest BCUT2D eigenvalue weighted by molar-refractivity contribution is 7.19. The van der Waals surface area contributed by atoms with Crippen LogP contribution < -0.4 is 10.1 Å². The number of hydrogen-bond acceptors (Lipinski definition) is 8. The molecule has 12 heteroatoms. The van der Waals surface area contributed by atoms with Crippen molar-refractivity contribution in [3.05, 3.63) is 34.1 Å². The van der Waals surface area contributed by atoms with Gasteiger partial charge in [-0.25, -0.2) is 15.0 Å². The number of fused-ring (bicyclic) bond motifs is 4. The van der Waals surface area contributed by atoms with Crippen LogP contribution in [0.4, 0.5) is 24.7 Å². The second-order valence-corrected chi connectivity index (χ2v) is 9.73. The first-order chi connectivity index (χ1) is 16.7. The van der Waals surface area contributed by atoms with Gasteiger partial charge in [0.05, 0.1) is 31.2 Å². The van der Waals surface area contributed by atoms with Crippen molar-refractivity contribution < 1.29 is 22.7 Å². The van der Waals surface area contributed by atoms with Crippen LogP contribution in [0.2, 0.25) is 0 Å². The number of aryl methyl sites for hydroxylation is 1. The van der Waals surface area contributed by atoms with Gasteiger partial charge in [-0.2, -0.15) is 13.2 Å². The molecule has 0 spiro atoms. The van der Waals surface area contributed by atoms with E-state index in [-0.39, 0.29) is 18.4 Å². The van der Waals surface area contributed by atoms with E-state index in [0.29, 0.717) is 43.2 Å². The van der Waals surface area contributed by atoms with Gasteiger partial charge in [-0.05, 0) is 30.9 Å². The number of amides is 1. The molecule has 1 aliphatic heterocycles. The van der Waals surface area contributed by atoms with Crippen LogP contribution in [0.25, 0.3) is 10.2 Å². The Morgan fingerprint density at radius 3 is 2.94 bits per heavy atom. The fourth-order valence-electron chi connectivity index (χ4n) is 4.52. The smallest absolute Gasteiger partial charge is 0.390 e. The topological polar surface area (TPSA) is 92.6 Å². The Balaban J connectivity index is 1.40. The number of aliphatic imine (C=N–C) groups is 1. The number of methoxy groups -OCH3 is 1. The molecule has 35 heavy (non-hydrogen) atoms. The van der Waals surface area contributed by atoms with Crippen molar-refractivity contribution in [3.63, 3.8) is 0 Å². The standard InChI is InChI=1S/C23H23F3N6O2S/c1-32(6-5-23(24,25)26)22(33)12-3-4-14-17(8-12)35-21-18(14)19(28-11-29-21)30-15-7-13-9-27-10-16(13)31-20(15)34-2/h7,9,11-12H,3-6,8,10H2,1-2H3,(H,28,29,30)/t12-/m0/s1. The quantitative estimate of drug-likeness (QED) is 0.539. The van der Waals surface area contributed by atoms with Gasteiger partial charge in [0, 0.05) is 36.2 Å². The molecule has 0 saturated carbocycles. The number of carbonyl (C=O) groups is 1. The normalized spacial score (nSPS) is 16.8. The summed E-state index contributed by atoms with van der Waals surface area (Å²) in [6.45, 7) is 0.187. The monoisotopic (exact) mass is 504 g/mol. The molecule has 0 unspecified atom stereocenters. The minimum atomic E-state index is -4.29. The number of nitrogens with one attached hydrogen (secondary N) is 1. The van der Waals surface area contributed by atoms with E-state index in [1.165, 1.54) is 29.6 Å². The lowest BCUT2D eigenvalue weighted by molar-refractivity contribution is -0.146. The third-order valence-corrected chi connectivity index (χ3v) is 7.48. The minimum Gasteiger partial charge on any atom is -0.480 e. The molecule has 0 radical (unpaired) electrons. The predicted molar refractivity (Wildman–Crippen MR) is 127 cm³/mol. The van der Waals surface area contributed by atoms with Crippen LogP contribution >= 0.6 is 11.3 Å². The van der Waals surface area contributed by atoms with Gasteiger partial charge in [-0.15, -0.1) is 11.3 Å². The molecule has 184 valence electrons. The highest BCUT2D eigenvalue weighted by Crippen LogP contribution is 2.41. The van der Waals surface area contributed by atoms with Crippen molar-refractivity contribution >= 4 is 45.2 Å². The molecule has 8 nitrogen and oxygen atoms in total. The van der Waals surface area contributed by atoms with Crippen LogP contribution in [0.3, 0.4) is 0 Å². The fraction of sp³-hybridized carbons (Fsp3) is 0.435. The number of hydrogen-bond donors (Lipinski definition) is 1. The highest BCUT2D eigenvalue weighted by Gasteiger charge is 2.33. The van der Waals surface area contributed by atoms with Gasteiger partial charge in [-0.3, -0.25) is 9.79 Å². The summed E-state index contributed by atoms with van der Waals surface area (Å²) in [6.07, 6.45) is -0.382. The van der Waals surface area contributed by atoms with Crippen LogP contribution in [-0.2, 0) is 24.2 Å². The predicted octanol–water partition coefficient (Wildman–Crippen LogP) is 4.29. The van der Waals surface area contributed by atoms with E-state index in [0.717, 1.165) is 31.9 Å². The Bertz CT molecular complexity index is 1320. The van der Waals surface area contributed by atoms with Crippen LogP contribution in [0.15, 0.2) is 17.4 Å². The number of halogens is 3. The lowest BCUT2D eigenvalue weighted by Gasteiger charge is -2.27. The second kappa shape index (κ2) is 9.06. The van der Waals surface area contributed by atoms with Crippen LogP contribution in [0.5, 0.6) is 5.88 Å². The average Bonchev–Trinajstić information content (AvgIpc) is 3.44. The minimum absolute atomic E-state index is 0.252. The van der Waals surface area contributed by atoms with Crippen molar-refractivity contribution in [2.75, 3.05) is 26.0 Å². The van der Waals surface area contributed by atoms with Gasteiger partial charge in [0.25, 0.3) is 0 Å². The number of thiophene rings is 1. The molecule has 1 N–H and O–H groups in total. The third-order valence-electron chi connectivity index (χ3n) is 6.32. The molecule has 0 saturated heterocycles. The molecule has 1 amide bonds. The summed E-state index contributed by atoms with van der Waals surface area (Å²) >= 11 is 1.50. The summed E-state index contributed by atoms with van der Waals surface area (Å²) in [7, 11) is 2.99. The Labute approximate surface area is 203 Å². The number of nitrogens with zero attached hydrogens (tertiary/aromatic N) is 5. The van der Waals surface area contributed by atoms with Crippen molar-refractivity contribution in [1.29, 1.82) is 0 Å². The van der Waals surface area contributed by atoms with Gasteiger partial charge < -0.3 is 15.0 Å². The number of rotatable bonds is 6. The maximum absolute atomic E-state index is 12.8. The maximum atomic E-state index is 12.8. The number of anilines is 2. The van der Waals surface area contributed by atoms with E-state index in [2.05, 4.69) is 25.3 Å². The molecular formula is C23H23F3N6O2S. The molecule has 3 aromatic rings. The van der Waals surface area contributed by atoms with Gasteiger partial charge in [0.15, 0.2) is 0 Å². The largest absolute Gasteiger partial charge is 0.480 e. The lowest BCUT2D eigenvalue weighted by Crippen LogP contribution is -2.37. The van der Waals surface area contributed by atoms with Crippen LogP contribution in [-0.4, -0.2) is 58.9 Å². The van der Waals surface area contributed by atoms with Crippen molar-refractivity contribution in [2.24, 2.45) is 10.9 Å². The first kappa shape index (κ1) is 23.5. The van der Waals surface area contributed by atoms with Crippen molar-refractivity contribution in [2.45, 2.75) is 38.4 Å². The summed E-state index contributed by atoms with van der Waals surface area (Å²) in [6, 6.07) is 1.93. The molecule has 1 atom stereocenters. The summed E-state index contributed by atoms with van der Waals surface area (Å²) in [5.41, 5.74) is 3.51. The molecule has 5 rings (SSSR count). The zero-order chi connectivity index (χ0) is 24.7. The summed E-state index contributed by atoms with van der Waals surface area (Å²) in [5, 5.41) is 4.23. The zero-order valence-electron chi connectivity index (χ0n) is 19.1.